The lowest BCUT2D eigenvalue weighted by Gasteiger charge is -2.21. The molecule has 0 unspecified atom stereocenters. The number of aliphatic carboxylic acids is 1. The Morgan fingerprint density at radius 1 is 1.20 bits per heavy atom. The van der Waals surface area contributed by atoms with Crippen LogP contribution < -0.4 is 0 Å². The maximum atomic E-state index is 13.9. The molecular formula is C14H23FO5. The van der Waals surface area contributed by atoms with Gasteiger partial charge in [-0.15, -0.1) is 0 Å². The molecule has 1 N–H and O–H groups in total. The van der Waals surface area contributed by atoms with Crippen LogP contribution in [0.3, 0.4) is 0 Å². The highest BCUT2D eigenvalue weighted by Gasteiger charge is 2.35. The van der Waals surface area contributed by atoms with Crippen LogP contribution in [0, 0.1) is 11.8 Å². The molecule has 0 aliphatic heterocycles. The number of esters is 1. The molecule has 0 saturated carbocycles. The zero-order chi connectivity index (χ0) is 16.1. The minimum atomic E-state index is -2.10. The molecule has 2 atom stereocenters. The Hall–Kier alpha value is -1.46. The molecule has 0 aromatic heterocycles. The van der Waals surface area contributed by atoms with Crippen LogP contribution in [-0.4, -0.2) is 34.6 Å². The summed E-state index contributed by atoms with van der Waals surface area (Å²) in [7, 11) is 0. The Bertz CT molecular complexity index is 370. The predicted molar refractivity (Wildman–Crippen MR) is 70.9 cm³/mol. The summed E-state index contributed by atoms with van der Waals surface area (Å²) in [5, 5.41) is 8.98. The van der Waals surface area contributed by atoms with E-state index >= 15 is 0 Å². The van der Waals surface area contributed by atoms with Gasteiger partial charge in [-0.05, 0) is 27.2 Å². The Morgan fingerprint density at radius 3 is 2.05 bits per heavy atom. The highest BCUT2D eigenvalue weighted by Crippen LogP contribution is 2.20. The van der Waals surface area contributed by atoms with Gasteiger partial charge in [0.25, 0.3) is 0 Å². The van der Waals surface area contributed by atoms with Crippen LogP contribution in [0.4, 0.5) is 4.39 Å². The Labute approximate surface area is 118 Å². The van der Waals surface area contributed by atoms with Crippen molar-refractivity contribution in [3.05, 3.63) is 0 Å². The van der Waals surface area contributed by atoms with Gasteiger partial charge in [-0.25, -0.2) is 4.39 Å². The molecular weight excluding hydrogens is 267 g/mol. The van der Waals surface area contributed by atoms with Crippen molar-refractivity contribution in [1.29, 1.82) is 0 Å². The number of halogens is 1. The summed E-state index contributed by atoms with van der Waals surface area (Å²) in [6.07, 6.45) is -2.60. The molecule has 0 amide bonds. The third-order valence-corrected chi connectivity index (χ3v) is 2.59. The fourth-order valence-corrected chi connectivity index (χ4v) is 1.58. The van der Waals surface area contributed by atoms with Crippen molar-refractivity contribution >= 4 is 17.7 Å². The van der Waals surface area contributed by atoms with Gasteiger partial charge in [0.2, 0.25) is 0 Å². The smallest absolute Gasteiger partial charge is 0.309 e. The summed E-state index contributed by atoms with van der Waals surface area (Å²) in [5.41, 5.74) is -0.682. The van der Waals surface area contributed by atoms with Crippen molar-refractivity contribution in [3.8, 4) is 0 Å². The third-order valence-electron chi connectivity index (χ3n) is 2.59. The van der Waals surface area contributed by atoms with E-state index in [-0.39, 0.29) is 12.8 Å². The van der Waals surface area contributed by atoms with Gasteiger partial charge < -0.3 is 9.84 Å². The molecule has 0 aliphatic rings. The number of rotatable bonds is 7. The Kier molecular flexibility index (Phi) is 6.82. The average molecular weight is 290 g/mol. The first kappa shape index (κ1) is 18.5. The number of Topliss-reactive ketones (excluding diaryl/α,β-unsaturated/α-hetero) is 1. The van der Waals surface area contributed by atoms with Crippen LogP contribution in [-0.2, 0) is 19.1 Å². The first-order chi connectivity index (χ1) is 8.95. The van der Waals surface area contributed by atoms with Crippen molar-refractivity contribution in [2.24, 2.45) is 11.8 Å². The van der Waals surface area contributed by atoms with Crippen LogP contribution in [0.5, 0.6) is 0 Å². The van der Waals surface area contributed by atoms with E-state index in [0.29, 0.717) is 0 Å². The van der Waals surface area contributed by atoms with Crippen molar-refractivity contribution < 1.29 is 28.6 Å². The summed E-state index contributed by atoms with van der Waals surface area (Å²) in [6.45, 7) is 8.04. The molecule has 6 heteroatoms. The first-order valence-corrected chi connectivity index (χ1v) is 6.58. The van der Waals surface area contributed by atoms with Gasteiger partial charge in [0.1, 0.15) is 5.60 Å². The molecule has 0 saturated heterocycles. The van der Waals surface area contributed by atoms with Crippen LogP contribution >= 0.6 is 0 Å². The van der Waals surface area contributed by atoms with Crippen LogP contribution in [0.25, 0.3) is 0 Å². The maximum Gasteiger partial charge on any atom is 0.309 e. The number of hydrogen-bond donors (Lipinski definition) is 1. The summed E-state index contributed by atoms with van der Waals surface area (Å²) in [5.74, 6) is -4.89. The molecule has 0 heterocycles. The topological polar surface area (TPSA) is 80.7 Å². The van der Waals surface area contributed by atoms with E-state index in [0.717, 1.165) is 0 Å². The van der Waals surface area contributed by atoms with E-state index in [1.54, 1.807) is 20.8 Å². The number of ether oxygens (including phenoxy) is 1. The number of hydrogen-bond acceptors (Lipinski definition) is 4. The summed E-state index contributed by atoms with van der Waals surface area (Å²) in [6, 6.07) is 0. The Balaban J connectivity index is 4.62. The Morgan fingerprint density at radius 2 is 1.70 bits per heavy atom. The van der Waals surface area contributed by atoms with Crippen LogP contribution in [0.1, 0.15) is 47.5 Å². The van der Waals surface area contributed by atoms with Gasteiger partial charge in [0.05, 0.1) is 5.92 Å². The van der Waals surface area contributed by atoms with Gasteiger partial charge >= 0.3 is 11.9 Å². The van der Waals surface area contributed by atoms with E-state index in [4.69, 9.17) is 9.84 Å². The van der Waals surface area contributed by atoms with Crippen molar-refractivity contribution in [1.82, 2.24) is 0 Å². The second-order valence-electron chi connectivity index (χ2n) is 6.03. The van der Waals surface area contributed by atoms with Crippen molar-refractivity contribution in [2.75, 3.05) is 0 Å². The number of carboxylic acids is 1. The number of carbonyl (C=O) groups is 3. The van der Waals surface area contributed by atoms with E-state index in [9.17, 15) is 18.8 Å². The second kappa shape index (κ2) is 7.36. The standard InChI is InChI=1S/C14H23FO5/c1-8(2)12(17)11(15)9(13(18)19)6-7-10(16)20-14(3,4)5/h8-9,11H,6-7H2,1-5H3,(H,18,19)/t9-,11+/m1/s1. The molecule has 116 valence electrons. The van der Waals surface area contributed by atoms with E-state index in [1.165, 1.54) is 13.8 Å². The molecule has 0 bridgehead atoms. The van der Waals surface area contributed by atoms with Gasteiger partial charge in [-0.2, -0.15) is 0 Å². The number of carbonyl (C=O) groups excluding carboxylic acids is 2. The third kappa shape index (κ3) is 6.63. The molecule has 5 nitrogen and oxygen atoms in total. The highest BCUT2D eigenvalue weighted by atomic mass is 19.1. The quantitative estimate of drug-likeness (QED) is 0.728. The maximum absolute atomic E-state index is 13.9. The molecule has 0 radical (unpaired) electrons. The van der Waals surface area contributed by atoms with E-state index in [2.05, 4.69) is 0 Å². The van der Waals surface area contributed by atoms with Crippen molar-refractivity contribution in [2.45, 2.75) is 59.2 Å². The molecule has 0 fully saturated rings. The molecule has 0 spiro atoms. The van der Waals surface area contributed by atoms with Crippen molar-refractivity contribution in [3.63, 3.8) is 0 Å². The molecule has 0 aromatic rings. The van der Waals surface area contributed by atoms with E-state index in [1.807, 2.05) is 0 Å². The van der Waals surface area contributed by atoms with Gasteiger partial charge in [0, 0.05) is 12.3 Å². The van der Waals surface area contributed by atoms with Gasteiger partial charge in [-0.1, -0.05) is 13.8 Å². The minimum absolute atomic E-state index is 0.236. The van der Waals surface area contributed by atoms with E-state index < -0.39 is 41.3 Å². The zero-order valence-electron chi connectivity index (χ0n) is 12.6. The number of carboxylic acid groups (broad SMARTS) is 1. The summed E-state index contributed by atoms with van der Waals surface area (Å²) in [4.78, 5) is 34.0. The fourth-order valence-electron chi connectivity index (χ4n) is 1.58. The summed E-state index contributed by atoms with van der Waals surface area (Å²) >= 11 is 0. The second-order valence-corrected chi connectivity index (χ2v) is 6.03. The zero-order valence-corrected chi connectivity index (χ0v) is 12.6. The summed E-state index contributed by atoms with van der Waals surface area (Å²) < 4.78 is 18.9. The predicted octanol–water partition coefficient (Wildman–Crippen LogP) is 2.37. The fraction of sp³-hybridized carbons (Fsp3) is 0.786. The number of ketones is 1. The minimum Gasteiger partial charge on any atom is -0.481 e. The SMILES string of the molecule is CC(C)C(=O)[C@@H](F)[C@@H](CCC(=O)OC(C)(C)C)C(=O)O. The van der Waals surface area contributed by atoms with Crippen LogP contribution in [0.2, 0.25) is 0 Å². The first-order valence-electron chi connectivity index (χ1n) is 6.58. The molecule has 0 aliphatic carbocycles. The average Bonchev–Trinajstić information content (AvgIpc) is 2.24. The molecule has 20 heavy (non-hydrogen) atoms. The largest absolute Gasteiger partial charge is 0.481 e. The normalized spacial score (nSPS) is 14.8. The lowest BCUT2D eigenvalue weighted by molar-refractivity contribution is -0.156. The lowest BCUT2D eigenvalue weighted by Crippen LogP contribution is -2.35. The van der Waals surface area contributed by atoms with Gasteiger partial charge in [0.15, 0.2) is 12.0 Å². The van der Waals surface area contributed by atoms with Crippen LogP contribution in [0.15, 0.2) is 0 Å². The lowest BCUT2D eigenvalue weighted by atomic mass is 9.91. The highest BCUT2D eigenvalue weighted by molar-refractivity contribution is 5.89. The molecule has 0 rings (SSSR count). The van der Waals surface area contributed by atoms with Gasteiger partial charge in [-0.3, -0.25) is 14.4 Å². The monoisotopic (exact) mass is 290 g/mol. The number of alkyl halides is 1. The molecule has 0 aromatic carbocycles.